The predicted molar refractivity (Wildman–Crippen MR) is 80.1 cm³/mol. The van der Waals surface area contributed by atoms with E-state index in [2.05, 4.69) is 10.3 Å². The molecule has 0 radical (unpaired) electrons. The summed E-state index contributed by atoms with van der Waals surface area (Å²) >= 11 is 5.82. The molecule has 1 aromatic carbocycles. The highest BCUT2D eigenvalue weighted by atomic mass is 35.5. The molecule has 5 heteroatoms. The lowest BCUT2D eigenvalue weighted by Crippen LogP contribution is -2.17. The molecule has 0 saturated carbocycles. The van der Waals surface area contributed by atoms with E-state index in [0.717, 1.165) is 30.4 Å². The van der Waals surface area contributed by atoms with E-state index in [1.807, 2.05) is 0 Å². The van der Waals surface area contributed by atoms with E-state index in [1.54, 1.807) is 30.5 Å². The first-order chi connectivity index (χ1) is 9.65. The van der Waals surface area contributed by atoms with Crippen molar-refractivity contribution in [1.29, 1.82) is 0 Å². The number of nitrogen functional groups attached to an aromatic ring is 1. The van der Waals surface area contributed by atoms with Crippen molar-refractivity contribution >= 4 is 29.0 Å². The minimum atomic E-state index is -0.212. The summed E-state index contributed by atoms with van der Waals surface area (Å²) in [6.07, 6.45) is 4.66. The Bertz CT molecular complexity index is 668. The number of nitrogens with zero attached hydrogens (tertiary/aromatic N) is 1. The molecule has 20 heavy (non-hydrogen) atoms. The lowest BCUT2D eigenvalue weighted by Gasteiger charge is -2.11. The summed E-state index contributed by atoms with van der Waals surface area (Å²) in [5, 5.41) is 3.47. The van der Waals surface area contributed by atoms with Gasteiger partial charge in [-0.3, -0.25) is 4.79 Å². The number of nitrogens with one attached hydrogen (secondary N) is 1. The van der Waals surface area contributed by atoms with Crippen molar-refractivity contribution in [3.05, 3.63) is 52.2 Å². The van der Waals surface area contributed by atoms with Crippen LogP contribution in [0.15, 0.2) is 30.5 Å². The standard InChI is InChI=1S/C15H14ClN3O/c16-10-4-6-11(7-5-10)19-15(20)13-12-3-1-2-9(12)8-18-14(13)17/h4-8H,1-3H2,(H2,17,18)(H,19,20). The van der Waals surface area contributed by atoms with Crippen LogP contribution in [0.25, 0.3) is 0 Å². The number of amides is 1. The molecular weight excluding hydrogens is 274 g/mol. The van der Waals surface area contributed by atoms with Gasteiger partial charge in [0.1, 0.15) is 5.82 Å². The van der Waals surface area contributed by atoms with Crippen LogP contribution in [0.5, 0.6) is 0 Å². The first kappa shape index (κ1) is 12.9. The normalized spacial score (nSPS) is 13.1. The van der Waals surface area contributed by atoms with Crippen LogP contribution < -0.4 is 11.1 Å². The average Bonchev–Trinajstić information content (AvgIpc) is 2.89. The molecule has 0 atom stereocenters. The highest BCUT2D eigenvalue weighted by Crippen LogP contribution is 2.28. The SMILES string of the molecule is Nc1ncc2c(c1C(=O)Nc1ccc(Cl)cc1)CCC2. The second kappa shape index (κ2) is 5.13. The Hall–Kier alpha value is -2.07. The number of carbonyl (C=O) groups excluding carboxylic acids is 1. The minimum absolute atomic E-state index is 0.212. The van der Waals surface area contributed by atoms with E-state index >= 15 is 0 Å². The maximum absolute atomic E-state index is 12.4. The van der Waals surface area contributed by atoms with Crippen molar-refractivity contribution < 1.29 is 4.79 Å². The predicted octanol–water partition coefficient (Wildman–Crippen LogP) is 3.06. The summed E-state index contributed by atoms with van der Waals surface area (Å²) in [4.78, 5) is 16.5. The number of aryl methyl sites for hydroxylation is 1. The first-order valence-corrected chi connectivity index (χ1v) is 6.86. The fourth-order valence-corrected chi connectivity index (χ4v) is 2.67. The number of hydrogen-bond donors (Lipinski definition) is 2. The Morgan fingerprint density at radius 1 is 1.25 bits per heavy atom. The number of nitrogens with two attached hydrogens (primary N) is 1. The highest BCUT2D eigenvalue weighted by molar-refractivity contribution is 6.30. The van der Waals surface area contributed by atoms with Crippen LogP contribution in [-0.4, -0.2) is 10.9 Å². The molecule has 0 spiro atoms. The lowest BCUT2D eigenvalue weighted by molar-refractivity contribution is 0.102. The summed E-state index contributed by atoms with van der Waals surface area (Å²) in [6, 6.07) is 6.97. The Balaban J connectivity index is 1.91. The summed E-state index contributed by atoms with van der Waals surface area (Å²) in [5.74, 6) is 0.0770. The first-order valence-electron chi connectivity index (χ1n) is 6.48. The zero-order valence-electron chi connectivity index (χ0n) is 10.8. The Kier molecular flexibility index (Phi) is 3.32. The zero-order chi connectivity index (χ0) is 14.1. The van der Waals surface area contributed by atoms with Crippen molar-refractivity contribution in [2.45, 2.75) is 19.3 Å². The maximum Gasteiger partial charge on any atom is 0.259 e. The highest BCUT2D eigenvalue weighted by Gasteiger charge is 2.22. The van der Waals surface area contributed by atoms with Gasteiger partial charge < -0.3 is 11.1 Å². The Morgan fingerprint density at radius 2 is 2.00 bits per heavy atom. The molecule has 1 amide bonds. The Labute approximate surface area is 122 Å². The molecule has 0 fully saturated rings. The molecule has 0 bridgehead atoms. The number of anilines is 2. The van der Waals surface area contributed by atoms with Gasteiger partial charge in [-0.1, -0.05) is 11.6 Å². The summed E-state index contributed by atoms with van der Waals surface area (Å²) in [6.45, 7) is 0. The van der Waals surface area contributed by atoms with Gasteiger partial charge in [0, 0.05) is 16.9 Å². The van der Waals surface area contributed by atoms with Crippen molar-refractivity contribution in [3.63, 3.8) is 0 Å². The van der Waals surface area contributed by atoms with E-state index in [-0.39, 0.29) is 11.7 Å². The topological polar surface area (TPSA) is 68.0 Å². The molecule has 1 aromatic heterocycles. The van der Waals surface area contributed by atoms with Gasteiger partial charge in [0.25, 0.3) is 5.91 Å². The van der Waals surface area contributed by atoms with Crippen LogP contribution in [0.1, 0.15) is 27.9 Å². The molecule has 4 nitrogen and oxygen atoms in total. The van der Waals surface area contributed by atoms with Crippen molar-refractivity contribution in [1.82, 2.24) is 4.98 Å². The summed E-state index contributed by atoms with van der Waals surface area (Å²) in [7, 11) is 0. The van der Waals surface area contributed by atoms with Crippen LogP contribution in [0.3, 0.4) is 0 Å². The van der Waals surface area contributed by atoms with Gasteiger partial charge in [-0.2, -0.15) is 0 Å². The second-order valence-corrected chi connectivity index (χ2v) is 5.27. The van der Waals surface area contributed by atoms with E-state index in [1.165, 1.54) is 0 Å². The fourth-order valence-electron chi connectivity index (χ4n) is 2.54. The van der Waals surface area contributed by atoms with Gasteiger partial charge in [0.15, 0.2) is 0 Å². The number of hydrogen-bond acceptors (Lipinski definition) is 3. The van der Waals surface area contributed by atoms with Crippen LogP contribution in [0, 0.1) is 0 Å². The molecule has 1 heterocycles. The zero-order valence-corrected chi connectivity index (χ0v) is 11.6. The molecule has 0 saturated heterocycles. The molecule has 102 valence electrons. The van der Waals surface area contributed by atoms with Crippen LogP contribution in [-0.2, 0) is 12.8 Å². The molecule has 3 N–H and O–H groups in total. The van der Waals surface area contributed by atoms with Crippen LogP contribution >= 0.6 is 11.6 Å². The molecular formula is C15H14ClN3O. The van der Waals surface area contributed by atoms with Gasteiger partial charge in [0.05, 0.1) is 5.56 Å². The number of fused-ring (bicyclic) bond motifs is 1. The van der Waals surface area contributed by atoms with Gasteiger partial charge >= 0.3 is 0 Å². The number of carbonyl (C=O) groups is 1. The lowest BCUT2D eigenvalue weighted by atomic mass is 10.0. The Morgan fingerprint density at radius 3 is 2.75 bits per heavy atom. The average molecular weight is 288 g/mol. The van der Waals surface area contributed by atoms with Gasteiger partial charge in [-0.25, -0.2) is 4.98 Å². The fraction of sp³-hybridized carbons (Fsp3) is 0.200. The van der Waals surface area contributed by atoms with Crippen molar-refractivity contribution in [2.75, 3.05) is 11.1 Å². The third-order valence-corrected chi connectivity index (χ3v) is 3.76. The van der Waals surface area contributed by atoms with Gasteiger partial charge in [0.2, 0.25) is 0 Å². The smallest absolute Gasteiger partial charge is 0.259 e. The van der Waals surface area contributed by atoms with Crippen LogP contribution in [0.2, 0.25) is 5.02 Å². The largest absolute Gasteiger partial charge is 0.383 e. The molecule has 1 aliphatic carbocycles. The van der Waals surface area contributed by atoms with E-state index in [0.29, 0.717) is 16.3 Å². The summed E-state index contributed by atoms with van der Waals surface area (Å²) < 4.78 is 0. The van der Waals surface area contributed by atoms with E-state index in [9.17, 15) is 4.79 Å². The number of aromatic nitrogens is 1. The third kappa shape index (κ3) is 2.34. The van der Waals surface area contributed by atoms with Gasteiger partial charge in [-0.05, 0) is 54.7 Å². The molecule has 0 aliphatic heterocycles. The number of benzene rings is 1. The quantitative estimate of drug-likeness (QED) is 0.892. The van der Waals surface area contributed by atoms with Gasteiger partial charge in [-0.15, -0.1) is 0 Å². The third-order valence-electron chi connectivity index (χ3n) is 3.51. The summed E-state index contributed by atoms with van der Waals surface area (Å²) in [5.41, 5.74) is 9.23. The van der Waals surface area contributed by atoms with Crippen molar-refractivity contribution in [2.24, 2.45) is 0 Å². The van der Waals surface area contributed by atoms with Crippen molar-refractivity contribution in [3.8, 4) is 0 Å². The monoisotopic (exact) mass is 287 g/mol. The molecule has 2 aromatic rings. The molecule has 1 aliphatic rings. The number of pyridine rings is 1. The number of halogens is 1. The molecule has 0 unspecified atom stereocenters. The molecule has 3 rings (SSSR count). The van der Waals surface area contributed by atoms with E-state index < -0.39 is 0 Å². The maximum atomic E-state index is 12.4. The van der Waals surface area contributed by atoms with Crippen LogP contribution in [0.4, 0.5) is 11.5 Å². The van der Waals surface area contributed by atoms with E-state index in [4.69, 9.17) is 17.3 Å². The minimum Gasteiger partial charge on any atom is -0.383 e. The second-order valence-electron chi connectivity index (χ2n) is 4.84. The number of rotatable bonds is 2.